The Morgan fingerprint density at radius 2 is 2.33 bits per heavy atom. The van der Waals surface area contributed by atoms with Gasteiger partial charge >= 0.3 is 0 Å². The van der Waals surface area contributed by atoms with Crippen molar-refractivity contribution in [1.82, 2.24) is 30.1 Å². The van der Waals surface area contributed by atoms with Gasteiger partial charge in [-0.2, -0.15) is 5.10 Å². The van der Waals surface area contributed by atoms with Gasteiger partial charge in [0.2, 0.25) is 0 Å². The largest absolute Gasteiger partial charge is 0.382 e. The third-order valence-electron chi connectivity index (χ3n) is 4.02. The number of aromatic amines is 1. The lowest BCUT2D eigenvalue weighted by atomic mass is 9.90. The van der Waals surface area contributed by atoms with Gasteiger partial charge in [-0.15, -0.1) is 5.10 Å². The van der Waals surface area contributed by atoms with E-state index in [1.807, 2.05) is 26.1 Å². The number of aliphatic hydroxyl groups is 1. The SMILES string of the molecule is CC(C)n1cc([C@]2(O)CCCN(Cc3ccn[nH]3)C2)nn1. The van der Waals surface area contributed by atoms with Gasteiger partial charge in [0, 0.05) is 31.0 Å². The highest BCUT2D eigenvalue weighted by molar-refractivity contribution is 5.10. The molecule has 1 aliphatic heterocycles. The van der Waals surface area contributed by atoms with Gasteiger partial charge in [0.25, 0.3) is 0 Å². The highest BCUT2D eigenvalue weighted by Gasteiger charge is 2.37. The number of hydrogen-bond acceptors (Lipinski definition) is 5. The minimum atomic E-state index is -0.911. The van der Waals surface area contributed by atoms with Crippen LogP contribution in [0, 0.1) is 0 Å². The molecule has 1 saturated heterocycles. The maximum atomic E-state index is 11.0. The van der Waals surface area contributed by atoms with Gasteiger partial charge in [0.1, 0.15) is 11.3 Å². The van der Waals surface area contributed by atoms with Crippen molar-refractivity contribution in [3.8, 4) is 0 Å². The topological polar surface area (TPSA) is 82.9 Å². The molecule has 0 amide bonds. The van der Waals surface area contributed by atoms with Gasteiger partial charge < -0.3 is 5.11 Å². The van der Waals surface area contributed by atoms with Gasteiger partial charge in [-0.1, -0.05) is 5.21 Å². The zero-order valence-electron chi connectivity index (χ0n) is 12.5. The zero-order chi connectivity index (χ0) is 14.9. The Bertz CT molecular complexity index is 578. The molecule has 1 fully saturated rings. The summed E-state index contributed by atoms with van der Waals surface area (Å²) >= 11 is 0. The van der Waals surface area contributed by atoms with Crippen LogP contribution in [0.25, 0.3) is 0 Å². The Kier molecular flexibility index (Phi) is 3.77. The Labute approximate surface area is 124 Å². The molecule has 0 bridgehead atoms. The van der Waals surface area contributed by atoms with Crippen molar-refractivity contribution in [2.45, 2.75) is 44.9 Å². The van der Waals surface area contributed by atoms with E-state index in [-0.39, 0.29) is 6.04 Å². The van der Waals surface area contributed by atoms with E-state index < -0.39 is 5.60 Å². The zero-order valence-corrected chi connectivity index (χ0v) is 12.5. The van der Waals surface area contributed by atoms with Gasteiger partial charge in [-0.3, -0.25) is 10.00 Å². The number of aromatic nitrogens is 5. The number of H-pyrrole nitrogens is 1. The normalized spacial score (nSPS) is 23.8. The van der Waals surface area contributed by atoms with Crippen LogP contribution in [0.4, 0.5) is 0 Å². The molecule has 2 aromatic heterocycles. The fourth-order valence-corrected chi connectivity index (χ4v) is 2.82. The number of hydrogen-bond donors (Lipinski definition) is 2. The Balaban J connectivity index is 1.73. The Hall–Kier alpha value is -1.73. The molecule has 0 unspecified atom stereocenters. The summed E-state index contributed by atoms with van der Waals surface area (Å²) in [6.45, 7) is 6.41. The van der Waals surface area contributed by atoms with Crippen LogP contribution < -0.4 is 0 Å². The lowest BCUT2D eigenvalue weighted by molar-refractivity contribution is -0.0417. The standard InChI is InChI=1S/C14H22N6O/c1-11(2)20-9-13(17-18-20)14(21)5-3-7-19(10-14)8-12-4-6-15-16-12/h4,6,9,11,21H,3,5,7-8,10H2,1-2H3,(H,15,16)/t14-/m0/s1. The van der Waals surface area contributed by atoms with E-state index in [0.717, 1.165) is 31.6 Å². The second-order valence-corrected chi connectivity index (χ2v) is 6.11. The molecule has 2 N–H and O–H groups in total. The molecule has 1 atom stereocenters. The lowest BCUT2D eigenvalue weighted by Gasteiger charge is -2.37. The third kappa shape index (κ3) is 2.98. The molecular weight excluding hydrogens is 268 g/mol. The first-order chi connectivity index (χ1) is 10.1. The number of β-amino-alcohol motifs (C(OH)–C–C–N with tert-alkyl or cyclic N) is 1. The van der Waals surface area contributed by atoms with Crippen LogP contribution in [0.5, 0.6) is 0 Å². The molecule has 2 aromatic rings. The van der Waals surface area contributed by atoms with E-state index >= 15 is 0 Å². The number of likely N-dealkylation sites (tertiary alicyclic amines) is 1. The van der Waals surface area contributed by atoms with Crippen LogP contribution in [-0.4, -0.2) is 48.3 Å². The average molecular weight is 290 g/mol. The average Bonchev–Trinajstić information content (AvgIpc) is 3.09. The van der Waals surface area contributed by atoms with Crippen LogP contribution in [0.15, 0.2) is 18.5 Å². The fraction of sp³-hybridized carbons (Fsp3) is 0.643. The summed E-state index contributed by atoms with van der Waals surface area (Å²) in [6.07, 6.45) is 5.28. The van der Waals surface area contributed by atoms with Gasteiger partial charge in [-0.05, 0) is 39.3 Å². The van der Waals surface area contributed by atoms with E-state index in [1.165, 1.54) is 0 Å². The van der Waals surface area contributed by atoms with Crippen LogP contribution in [0.1, 0.15) is 44.1 Å². The Morgan fingerprint density at radius 3 is 3.00 bits per heavy atom. The third-order valence-corrected chi connectivity index (χ3v) is 4.02. The maximum absolute atomic E-state index is 11.0. The van der Waals surface area contributed by atoms with Crippen molar-refractivity contribution in [3.05, 3.63) is 29.8 Å². The molecule has 0 aromatic carbocycles. The van der Waals surface area contributed by atoms with Crippen LogP contribution >= 0.6 is 0 Å². The second-order valence-electron chi connectivity index (χ2n) is 6.11. The molecule has 7 nitrogen and oxygen atoms in total. The maximum Gasteiger partial charge on any atom is 0.123 e. The van der Waals surface area contributed by atoms with Gasteiger partial charge in [0.05, 0.1) is 6.20 Å². The first-order valence-corrected chi connectivity index (χ1v) is 7.42. The molecule has 0 radical (unpaired) electrons. The van der Waals surface area contributed by atoms with E-state index in [9.17, 15) is 5.11 Å². The quantitative estimate of drug-likeness (QED) is 0.880. The summed E-state index contributed by atoms with van der Waals surface area (Å²) < 4.78 is 1.79. The molecular formula is C14H22N6O. The second kappa shape index (κ2) is 5.57. The van der Waals surface area contributed by atoms with Crippen LogP contribution in [-0.2, 0) is 12.1 Å². The van der Waals surface area contributed by atoms with Crippen LogP contribution in [0.2, 0.25) is 0 Å². The van der Waals surface area contributed by atoms with Crippen molar-refractivity contribution in [2.75, 3.05) is 13.1 Å². The van der Waals surface area contributed by atoms with E-state index in [0.29, 0.717) is 12.2 Å². The monoisotopic (exact) mass is 290 g/mol. The molecule has 0 saturated carbocycles. The van der Waals surface area contributed by atoms with Crippen molar-refractivity contribution in [2.24, 2.45) is 0 Å². The van der Waals surface area contributed by atoms with Crippen molar-refractivity contribution < 1.29 is 5.11 Å². The van der Waals surface area contributed by atoms with Gasteiger partial charge in [0.15, 0.2) is 0 Å². The number of piperidine rings is 1. The fourth-order valence-electron chi connectivity index (χ4n) is 2.82. The predicted molar refractivity (Wildman–Crippen MR) is 77.4 cm³/mol. The molecule has 7 heteroatoms. The van der Waals surface area contributed by atoms with Gasteiger partial charge in [-0.25, -0.2) is 4.68 Å². The number of rotatable bonds is 4. The van der Waals surface area contributed by atoms with Crippen molar-refractivity contribution in [3.63, 3.8) is 0 Å². The summed E-state index contributed by atoms with van der Waals surface area (Å²) in [5.74, 6) is 0. The van der Waals surface area contributed by atoms with Crippen molar-refractivity contribution in [1.29, 1.82) is 0 Å². The van der Waals surface area contributed by atoms with E-state index in [4.69, 9.17) is 0 Å². The highest BCUT2D eigenvalue weighted by atomic mass is 16.3. The Morgan fingerprint density at radius 1 is 1.48 bits per heavy atom. The molecule has 21 heavy (non-hydrogen) atoms. The summed E-state index contributed by atoms with van der Waals surface area (Å²) in [4.78, 5) is 2.23. The molecule has 0 aliphatic carbocycles. The highest BCUT2D eigenvalue weighted by Crippen LogP contribution is 2.30. The predicted octanol–water partition coefficient (Wildman–Crippen LogP) is 1.07. The molecule has 0 spiro atoms. The lowest BCUT2D eigenvalue weighted by Crippen LogP contribution is -2.46. The van der Waals surface area contributed by atoms with E-state index in [2.05, 4.69) is 25.4 Å². The minimum absolute atomic E-state index is 0.250. The molecule has 114 valence electrons. The smallest absolute Gasteiger partial charge is 0.123 e. The first-order valence-electron chi connectivity index (χ1n) is 7.42. The van der Waals surface area contributed by atoms with Crippen LogP contribution in [0.3, 0.4) is 0 Å². The summed E-state index contributed by atoms with van der Waals surface area (Å²) in [7, 11) is 0. The number of nitrogens with zero attached hydrogens (tertiary/aromatic N) is 5. The molecule has 3 heterocycles. The molecule has 3 rings (SSSR count). The summed E-state index contributed by atoms with van der Waals surface area (Å²) in [5.41, 5.74) is 0.821. The van der Waals surface area contributed by atoms with E-state index in [1.54, 1.807) is 10.9 Å². The minimum Gasteiger partial charge on any atom is -0.382 e. The molecule has 1 aliphatic rings. The summed E-state index contributed by atoms with van der Waals surface area (Å²) in [5, 5.41) is 26.2. The van der Waals surface area contributed by atoms with Crippen molar-refractivity contribution >= 4 is 0 Å². The number of nitrogens with one attached hydrogen (secondary N) is 1. The first kappa shape index (κ1) is 14.2. The summed E-state index contributed by atoms with van der Waals surface area (Å²) in [6, 6.07) is 2.21.